The Bertz CT molecular complexity index is 340. The first-order valence-electron chi connectivity index (χ1n) is 5.56. The maximum atomic E-state index is 5.30. The summed E-state index contributed by atoms with van der Waals surface area (Å²) in [6.07, 6.45) is 9.95. The molecular formula is C13H17BrN2. The normalized spacial score (nSPS) is 12.1. The highest BCUT2D eigenvalue weighted by molar-refractivity contribution is 9.10. The zero-order valence-corrected chi connectivity index (χ0v) is 11.1. The van der Waals surface area contributed by atoms with Gasteiger partial charge in [-0.2, -0.15) is 0 Å². The average Bonchev–Trinajstić information content (AvgIpc) is 2.31. The number of rotatable bonds is 6. The first-order chi connectivity index (χ1) is 7.77. The Morgan fingerprint density at radius 3 is 2.94 bits per heavy atom. The number of pyridine rings is 1. The Labute approximate surface area is 106 Å². The molecule has 86 valence electrons. The van der Waals surface area contributed by atoms with Gasteiger partial charge in [0, 0.05) is 17.1 Å². The molecule has 2 nitrogen and oxygen atoms in total. The molecule has 0 saturated carbocycles. The number of nitrogens with one attached hydrogen (secondary N) is 1. The first kappa shape index (κ1) is 13.2. The lowest BCUT2D eigenvalue weighted by Gasteiger charge is -2.16. The molecule has 0 fully saturated rings. The van der Waals surface area contributed by atoms with Crippen LogP contribution in [0.4, 0.5) is 0 Å². The van der Waals surface area contributed by atoms with Crippen molar-refractivity contribution in [1.29, 1.82) is 0 Å². The van der Waals surface area contributed by atoms with Crippen LogP contribution in [0.2, 0.25) is 0 Å². The lowest BCUT2D eigenvalue weighted by molar-refractivity contribution is 0.495. The fourth-order valence-corrected chi connectivity index (χ4v) is 1.73. The highest BCUT2D eigenvalue weighted by atomic mass is 79.9. The van der Waals surface area contributed by atoms with E-state index in [1.807, 2.05) is 18.3 Å². The van der Waals surface area contributed by atoms with Crippen molar-refractivity contribution in [3.05, 3.63) is 28.5 Å². The molecular weight excluding hydrogens is 264 g/mol. The number of hydrogen-bond donors (Lipinski definition) is 1. The fourth-order valence-electron chi connectivity index (χ4n) is 1.49. The van der Waals surface area contributed by atoms with Gasteiger partial charge in [-0.15, -0.1) is 12.3 Å². The predicted octanol–water partition coefficient (Wildman–Crippen LogP) is 3.30. The van der Waals surface area contributed by atoms with E-state index in [9.17, 15) is 0 Å². The van der Waals surface area contributed by atoms with Crippen LogP contribution < -0.4 is 5.32 Å². The second-order valence-electron chi connectivity index (χ2n) is 3.65. The van der Waals surface area contributed by atoms with Crippen LogP contribution in [0.15, 0.2) is 22.8 Å². The third-order valence-corrected chi connectivity index (χ3v) is 2.79. The van der Waals surface area contributed by atoms with Crippen LogP contribution in [0, 0.1) is 12.3 Å². The van der Waals surface area contributed by atoms with Gasteiger partial charge in [-0.05, 0) is 47.4 Å². The van der Waals surface area contributed by atoms with Gasteiger partial charge < -0.3 is 5.32 Å². The van der Waals surface area contributed by atoms with E-state index in [1.54, 1.807) is 0 Å². The van der Waals surface area contributed by atoms with E-state index in [0.29, 0.717) is 0 Å². The van der Waals surface area contributed by atoms with Gasteiger partial charge in [-0.25, -0.2) is 0 Å². The Balaban J connectivity index is 2.67. The highest BCUT2D eigenvalue weighted by Crippen LogP contribution is 2.18. The van der Waals surface area contributed by atoms with Crippen molar-refractivity contribution in [3.63, 3.8) is 0 Å². The lowest BCUT2D eigenvalue weighted by Crippen LogP contribution is -2.22. The molecule has 16 heavy (non-hydrogen) atoms. The van der Waals surface area contributed by atoms with Gasteiger partial charge in [-0.1, -0.05) is 6.92 Å². The minimum atomic E-state index is 0.268. The molecule has 1 aromatic rings. The van der Waals surface area contributed by atoms with E-state index >= 15 is 0 Å². The molecule has 0 aliphatic carbocycles. The second kappa shape index (κ2) is 7.43. The van der Waals surface area contributed by atoms with Gasteiger partial charge in [0.15, 0.2) is 0 Å². The molecule has 0 aromatic carbocycles. The van der Waals surface area contributed by atoms with Crippen LogP contribution in [0.3, 0.4) is 0 Å². The fraction of sp³-hybridized carbons (Fsp3) is 0.462. The summed E-state index contributed by atoms with van der Waals surface area (Å²) in [5.41, 5.74) is 1.06. The van der Waals surface area contributed by atoms with Crippen molar-refractivity contribution in [2.24, 2.45) is 0 Å². The van der Waals surface area contributed by atoms with E-state index < -0.39 is 0 Å². The summed E-state index contributed by atoms with van der Waals surface area (Å²) in [4.78, 5) is 4.41. The van der Waals surface area contributed by atoms with Gasteiger partial charge in [-0.3, -0.25) is 4.98 Å². The number of aromatic nitrogens is 1. The number of halogens is 1. The largest absolute Gasteiger partial charge is 0.309 e. The monoisotopic (exact) mass is 280 g/mol. The molecule has 3 heteroatoms. The summed E-state index contributed by atoms with van der Waals surface area (Å²) in [6, 6.07) is 4.32. The molecule has 1 heterocycles. The van der Waals surface area contributed by atoms with Crippen molar-refractivity contribution < 1.29 is 0 Å². The second-order valence-corrected chi connectivity index (χ2v) is 4.57. The van der Waals surface area contributed by atoms with E-state index in [-0.39, 0.29) is 6.04 Å². The van der Waals surface area contributed by atoms with Gasteiger partial charge in [0.2, 0.25) is 0 Å². The topological polar surface area (TPSA) is 24.9 Å². The molecule has 1 atom stereocenters. The molecule has 0 aliphatic rings. The van der Waals surface area contributed by atoms with Crippen LogP contribution in [-0.2, 0) is 0 Å². The number of nitrogens with zero attached hydrogens (tertiary/aromatic N) is 1. The third kappa shape index (κ3) is 4.34. The lowest BCUT2D eigenvalue weighted by atomic mass is 10.1. The predicted molar refractivity (Wildman–Crippen MR) is 71.0 cm³/mol. The zero-order chi connectivity index (χ0) is 11.8. The number of hydrogen-bond acceptors (Lipinski definition) is 2. The average molecular weight is 281 g/mol. The van der Waals surface area contributed by atoms with Crippen molar-refractivity contribution in [2.45, 2.75) is 32.2 Å². The van der Waals surface area contributed by atoms with Crippen molar-refractivity contribution in [1.82, 2.24) is 10.3 Å². The summed E-state index contributed by atoms with van der Waals surface area (Å²) in [6.45, 7) is 3.15. The third-order valence-electron chi connectivity index (χ3n) is 2.33. The van der Waals surface area contributed by atoms with Crippen LogP contribution in [0.5, 0.6) is 0 Å². The molecule has 1 rings (SSSR count). The molecule has 0 saturated heterocycles. The van der Waals surface area contributed by atoms with E-state index in [1.165, 1.54) is 0 Å². The minimum absolute atomic E-state index is 0.268. The standard InChI is InChI=1S/C13H17BrN2/c1-3-5-6-12(15-9-4-2)13-8-7-11(14)10-16-13/h1,7-8,10,12,15H,4-6,9H2,2H3. The van der Waals surface area contributed by atoms with E-state index in [2.05, 4.69) is 39.1 Å². The van der Waals surface area contributed by atoms with Crippen molar-refractivity contribution in [3.8, 4) is 12.3 Å². The Morgan fingerprint density at radius 1 is 1.56 bits per heavy atom. The highest BCUT2D eigenvalue weighted by Gasteiger charge is 2.10. The summed E-state index contributed by atoms with van der Waals surface area (Å²) >= 11 is 3.38. The molecule has 1 aromatic heterocycles. The Hall–Kier alpha value is -0.850. The Morgan fingerprint density at radius 2 is 2.38 bits per heavy atom. The first-order valence-corrected chi connectivity index (χ1v) is 6.35. The van der Waals surface area contributed by atoms with Crippen molar-refractivity contribution >= 4 is 15.9 Å². The summed E-state index contributed by atoms with van der Waals surface area (Å²) < 4.78 is 1.00. The van der Waals surface area contributed by atoms with Crippen LogP contribution in [0.25, 0.3) is 0 Å². The van der Waals surface area contributed by atoms with Gasteiger partial charge in [0.05, 0.1) is 11.7 Å². The van der Waals surface area contributed by atoms with Crippen LogP contribution in [-0.4, -0.2) is 11.5 Å². The van der Waals surface area contributed by atoms with E-state index in [4.69, 9.17) is 6.42 Å². The molecule has 0 amide bonds. The minimum Gasteiger partial charge on any atom is -0.309 e. The smallest absolute Gasteiger partial charge is 0.0574 e. The van der Waals surface area contributed by atoms with Crippen LogP contribution >= 0.6 is 15.9 Å². The van der Waals surface area contributed by atoms with Crippen LogP contribution in [0.1, 0.15) is 37.9 Å². The quantitative estimate of drug-likeness (QED) is 0.809. The van der Waals surface area contributed by atoms with Gasteiger partial charge in [0.1, 0.15) is 0 Å². The van der Waals surface area contributed by atoms with Crippen molar-refractivity contribution in [2.75, 3.05) is 6.54 Å². The summed E-state index contributed by atoms with van der Waals surface area (Å²) in [5, 5.41) is 3.47. The number of terminal acetylenes is 1. The maximum absolute atomic E-state index is 5.30. The molecule has 0 spiro atoms. The van der Waals surface area contributed by atoms with Gasteiger partial charge >= 0.3 is 0 Å². The molecule has 1 N–H and O–H groups in total. The summed E-state index contributed by atoms with van der Waals surface area (Å²) in [5.74, 6) is 2.68. The molecule has 0 radical (unpaired) electrons. The molecule has 0 bridgehead atoms. The van der Waals surface area contributed by atoms with E-state index in [0.717, 1.165) is 36.0 Å². The van der Waals surface area contributed by atoms with Gasteiger partial charge in [0.25, 0.3) is 0 Å². The Kier molecular flexibility index (Phi) is 6.14. The summed E-state index contributed by atoms with van der Waals surface area (Å²) in [7, 11) is 0. The SMILES string of the molecule is C#CCCC(NCCC)c1ccc(Br)cn1. The molecule has 0 aliphatic heterocycles. The zero-order valence-electron chi connectivity index (χ0n) is 9.54. The molecule has 1 unspecified atom stereocenters. The maximum Gasteiger partial charge on any atom is 0.0574 e.